The SMILES string of the molecule is O=C(NC1(c2ccccc2)CC1)c1ccc2n3n(cc1-2)C3. The Labute approximate surface area is 122 Å². The molecule has 1 aromatic rings. The highest BCUT2D eigenvalue weighted by Crippen LogP contribution is 2.46. The monoisotopic (exact) mass is 277 g/mol. The maximum absolute atomic E-state index is 12.6. The summed E-state index contributed by atoms with van der Waals surface area (Å²) in [4.78, 5) is 12.6. The second-order valence-corrected chi connectivity index (χ2v) is 6.06. The first-order chi connectivity index (χ1) is 10.3. The number of carbonyl (C=O) groups is 1. The molecule has 4 nitrogen and oxygen atoms in total. The molecule has 0 saturated heterocycles. The lowest BCUT2D eigenvalue weighted by Gasteiger charge is -2.18. The lowest BCUT2D eigenvalue weighted by atomic mass is 10.0. The fraction of sp³-hybridized carbons (Fsp3) is 0.235. The fourth-order valence-corrected chi connectivity index (χ4v) is 3.27. The van der Waals surface area contributed by atoms with Crippen LogP contribution in [0.15, 0.2) is 48.7 Å². The summed E-state index contributed by atoms with van der Waals surface area (Å²) in [5.74, 6) is 0.0394. The van der Waals surface area contributed by atoms with Gasteiger partial charge in [-0.25, -0.2) is 0 Å². The molecule has 0 atom stereocenters. The second kappa shape index (κ2) is 3.58. The normalized spacial score (nSPS) is 17.5. The summed E-state index contributed by atoms with van der Waals surface area (Å²) in [5, 5.41) is 3.25. The van der Waals surface area contributed by atoms with Crippen LogP contribution in [0.2, 0.25) is 0 Å². The van der Waals surface area contributed by atoms with E-state index >= 15 is 0 Å². The third kappa shape index (κ3) is 1.53. The van der Waals surface area contributed by atoms with Gasteiger partial charge in [-0.05, 0) is 30.5 Å². The van der Waals surface area contributed by atoms with E-state index in [1.807, 2.05) is 30.3 Å². The van der Waals surface area contributed by atoms with Crippen molar-refractivity contribution in [2.24, 2.45) is 0 Å². The van der Waals surface area contributed by atoms with E-state index < -0.39 is 0 Å². The number of carbonyl (C=O) groups excluding carboxylic acids is 1. The topological polar surface area (TPSA) is 39.0 Å². The summed E-state index contributed by atoms with van der Waals surface area (Å²) >= 11 is 0. The van der Waals surface area contributed by atoms with Gasteiger partial charge in [-0.3, -0.25) is 14.2 Å². The molecule has 1 amide bonds. The van der Waals surface area contributed by atoms with E-state index in [9.17, 15) is 4.79 Å². The van der Waals surface area contributed by atoms with Gasteiger partial charge < -0.3 is 5.32 Å². The standard InChI is InChI=1S/C17H15N3O/c21-16(13-6-7-15-14(13)10-19-11-20(15)19)18-17(8-9-17)12-4-2-1-3-5-12/h1-7,10H,8-9,11H2,(H,18,21). The summed E-state index contributed by atoms with van der Waals surface area (Å²) in [5.41, 5.74) is 4.07. The van der Waals surface area contributed by atoms with Crippen LogP contribution in [-0.2, 0) is 12.2 Å². The third-order valence-electron chi connectivity index (χ3n) is 4.71. The van der Waals surface area contributed by atoms with E-state index in [2.05, 4.69) is 33.0 Å². The van der Waals surface area contributed by atoms with Gasteiger partial charge in [-0.15, -0.1) is 0 Å². The van der Waals surface area contributed by atoms with Gasteiger partial charge in [0.15, 0.2) is 0 Å². The van der Waals surface area contributed by atoms with Crippen molar-refractivity contribution in [3.8, 4) is 11.3 Å². The third-order valence-corrected chi connectivity index (χ3v) is 4.71. The van der Waals surface area contributed by atoms with Gasteiger partial charge in [0.25, 0.3) is 5.91 Å². The Morgan fingerprint density at radius 1 is 1.10 bits per heavy atom. The molecule has 4 aliphatic rings. The van der Waals surface area contributed by atoms with Crippen molar-refractivity contribution in [2.75, 3.05) is 0 Å². The highest BCUT2D eigenvalue weighted by atomic mass is 16.1. The first kappa shape index (κ1) is 11.2. The first-order valence-corrected chi connectivity index (χ1v) is 7.34. The van der Waals surface area contributed by atoms with Crippen LogP contribution in [0.3, 0.4) is 0 Å². The zero-order valence-electron chi connectivity index (χ0n) is 11.5. The molecule has 4 heteroatoms. The smallest absolute Gasteiger partial charge is 0.252 e. The number of hydrogen-bond acceptors (Lipinski definition) is 1. The molecule has 0 aromatic heterocycles. The van der Waals surface area contributed by atoms with Gasteiger partial charge in [0.1, 0.15) is 6.67 Å². The molecule has 0 bridgehead atoms. The van der Waals surface area contributed by atoms with Crippen molar-refractivity contribution in [3.63, 3.8) is 0 Å². The molecule has 21 heavy (non-hydrogen) atoms. The van der Waals surface area contributed by atoms with Crippen molar-refractivity contribution >= 4 is 5.91 Å². The van der Waals surface area contributed by atoms with Crippen LogP contribution in [0.25, 0.3) is 11.3 Å². The number of nitrogens with zero attached hydrogens (tertiary/aromatic N) is 2. The summed E-state index contributed by atoms with van der Waals surface area (Å²) in [6, 6.07) is 14.2. The summed E-state index contributed by atoms with van der Waals surface area (Å²) < 4.78 is 4.28. The van der Waals surface area contributed by atoms with Gasteiger partial charge in [0.05, 0.1) is 16.8 Å². The van der Waals surface area contributed by atoms with E-state index in [1.54, 1.807) is 0 Å². The van der Waals surface area contributed by atoms with Crippen LogP contribution in [-0.4, -0.2) is 15.3 Å². The molecule has 1 N–H and O–H groups in total. The number of fused-ring (bicyclic) bond motifs is 3. The molecule has 2 heterocycles. The highest BCUT2D eigenvalue weighted by Gasteiger charge is 2.46. The van der Waals surface area contributed by atoms with Crippen LogP contribution in [0.4, 0.5) is 0 Å². The van der Waals surface area contributed by atoms with Crippen molar-refractivity contribution in [1.82, 2.24) is 14.7 Å². The minimum absolute atomic E-state index is 0.0394. The summed E-state index contributed by atoms with van der Waals surface area (Å²) in [6.45, 7) is 0.950. The lowest BCUT2D eigenvalue weighted by Crippen LogP contribution is -2.34. The molecule has 2 aliphatic carbocycles. The minimum atomic E-state index is -0.148. The quantitative estimate of drug-likeness (QED) is 0.614. The Balaban J connectivity index is 1.45. The molecule has 0 radical (unpaired) electrons. The van der Waals surface area contributed by atoms with E-state index in [1.165, 1.54) is 5.56 Å². The Morgan fingerprint density at radius 3 is 2.67 bits per heavy atom. The van der Waals surface area contributed by atoms with Gasteiger partial charge in [-0.2, -0.15) is 0 Å². The van der Waals surface area contributed by atoms with Gasteiger partial charge >= 0.3 is 0 Å². The highest BCUT2D eigenvalue weighted by molar-refractivity contribution is 6.02. The first-order valence-electron chi connectivity index (χ1n) is 7.34. The zero-order valence-corrected chi connectivity index (χ0v) is 11.5. The van der Waals surface area contributed by atoms with Crippen LogP contribution < -0.4 is 5.32 Å². The molecule has 2 aliphatic heterocycles. The van der Waals surface area contributed by atoms with E-state index in [-0.39, 0.29) is 11.4 Å². The summed E-state index contributed by atoms with van der Waals surface area (Å²) in [7, 11) is 0. The van der Waals surface area contributed by atoms with Crippen LogP contribution in [0, 0.1) is 0 Å². The van der Waals surface area contributed by atoms with Crippen molar-refractivity contribution < 1.29 is 4.79 Å². The Kier molecular flexibility index (Phi) is 1.91. The number of aromatic nitrogens is 2. The molecule has 1 fully saturated rings. The maximum Gasteiger partial charge on any atom is 0.252 e. The summed E-state index contributed by atoms with van der Waals surface area (Å²) in [6.07, 6.45) is 4.10. The van der Waals surface area contributed by atoms with Crippen LogP contribution in [0.5, 0.6) is 0 Å². The molecular formula is C17H15N3O. The molecule has 0 spiro atoms. The van der Waals surface area contributed by atoms with Gasteiger partial charge in [0, 0.05) is 11.8 Å². The Hall–Kier alpha value is -2.49. The van der Waals surface area contributed by atoms with Gasteiger partial charge in [-0.1, -0.05) is 30.3 Å². The largest absolute Gasteiger partial charge is 0.343 e. The zero-order chi connectivity index (χ0) is 14.0. The molecule has 104 valence electrons. The molecule has 5 rings (SSSR count). The van der Waals surface area contributed by atoms with E-state index in [0.717, 1.165) is 36.3 Å². The molecular weight excluding hydrogens is 262 g/mol. The minimum Gasteiger partial charge on any atom is -0.343 e. The average molecular weight is 277 g/mol. The predicted octanol–water partition coefficient (Wildman–Crippen LogP) is 2.63. The van der Waals surface area contributed by atoms with Gasteiger partial charge in [0.2, 0.25) is 0 Å². The Morgan fingerprint density at radius 2 is 1.90 bits per heavy atom. The molecule has 1 aromatic carbocycles. The average Bonchev–Trinajstić information content (AvgIpc) is 3.38. The van der Waals surface area contributed by atoms with Crippen LogP contribution in [0.1, 0.15) is 28.8 Å². The number of hydrogen-bond donors (Lipinski definition) is 1. The number of amides is 1. The lowest BCUT2D eigenvalue weighted by molar-refractivity contribution is 0.0932. The molecule has 1 saturated carbocycles. The second-order valence-electron chi connectivity index (χ2n) is 6.06. The number of benzene rings is 1. The Bertz CT molecular complexity index is 823. The predicted molar refractivity (Wildman–Crippen MR) is 79.3 cm³/mol. The van der Waals surface area contributed by atoms with Crippen molar-refractivity contribution in [2.45, 2.75) is 25.0 Å². The van der Waals surface area contributed by atoms with E-state index in [0.29, 0.717) is 0 Å². The molecule has 0 unspecified atom stereocenters. The van der Waals surface area contributed by atoms with Crippen molar-refractivity contribution in [3.05, 3.63) is 59.8 Å². The maximum atomic E-state index is 12.6. The van der Waals surface area contributed by atoms with E-state index in [4.69, 9.17) is 0 Å². The fourth-order valence-electron chi connectivity index (χ4n) is 3.27. The number of rotatable bonds is 3. The number of nitrogens with one attached hydrogen (secondary N) is 1. The van der Waals surface area contributed by atoms with Crippen molar-refractivity contribution in [1.29, 1.82) is 0 Å². The van der Waals surface area contributed by atoms with Crippen LogP contribution >= 0.6 is 0 Å².